The highest BCUT2D eigenvalue weighted by atomic mass is 16.2. The van der Waals surface area contributed by atoms with Gasteiger partial charge in [-0.05, 0) is 37.5 Å². The summed E-state index contributed by atoms with van der Waals surface area (Å²) in [6, 6.07) is 19.4. The van der Waals surface area contributed by atoms with Crippen LogP contribution in [0.1, 0.15) is 31.9 Å². The van der Waals surface area contributed by atoms with Gasteiger partial charge in [-0.1, -0.05) is 60.7 Å². The third kappa shape index (κ3) is 4.53. The van der Waals surface area contributed by atoms with E-state index in [1.807, 2.05) is 55.5 Å². The molecule has 2 aromatic carbocycles. The molecule has 1 aromatic heterocycles. The molecule has 0 fully saturated rings. The lowest BCUT2D eigenvalue weighted by Crippen LogP contribution is -2.38. The molecule has 0 spiro atoms. The van der Waals surface area contributed by atoms with E-state index in [2.05, 4.69) is 32.9 Å². The van der Waals surface area contributed by atoms with Crippen molar-refractivity contribution < 1.29 is 4.79 Å². The first kappa shape index (κ1) is 17.8. The van der Waals surface area contributed by atoms with E-state index in [9.17, 15) is 4.79 Å². The summed E-state index contributed by atoms with van der Waals surface area (Å²) >= 11 is 0. The van der Waals surface area contributed by atoms with Gasteiger partial charge < -0.3 is 5.32 Å². The number of nitrogens with zero attached hydrogens (tertiary/aromatic N) is 4. The van der Waals surface area contributed by atoms with Gasteiger partial charge in [-0.25, -0.2) is 0 Å². The smallest absolute Gasteiger partial charge is 0.246 e. The summed E-state index contributed by atoms with van der Waals surface area (Å²) in [6.07, 6.45) is 1.80. The molecule has 0 saturated carbocycles. The van der Waals surface area contributed by atoms with Crippen molar-refractivity contribution in [1.29, 1.82) is 0 Å². The van der Waals surface area contributed by atoms with Gasteiger partial charge >= 0.3 is 0 Å². The molecule has 2 atom stereocenters. The molecule has 1 N–H and O–H groups in total. The molecule has 1 amide bonds. The minimum atomic E-state index is -0.515. The SMILES string of the molecule is CC(CCc1ccccc1)NC(=O)C(C)n1nnc(-c2ccccc2)n1. The Morgan fingerprint density at radius 2 is 1.69 bits per heavy atom. The van der Waals surface area contributed by atoms with Crippen molar-refractivity contribution in [2.75, 3.05) is 0 Å². The summed E-state index contributed by atoms with van der Waals surface area (Å²) in [7, 11) is 0. The molecule has 0 radical (unpaired) electrons. The van der Waals surface area contributed by atoms with Gasteiger partial charge in [0.2, 0.25) is 11.7 Å². The standard InChI is InChI=1S/C20H23N5O/c1-15(13-14-17-9-5-3-6-10-17)21-20(26)16(2)25-23-19(22-24-25)18-11-7-4-8-12-18/h3-12,15-16H,13-14H2,1-2H3,(H,21,26). The van der Waals surface area contributed by atoms with Crippen LogP contribution in [-0.2, 0) is 11.2 Å². The summed E-state index contributed by atoms with van der Waals surface area (Å²) in [5, 5.41) is 15.4. The Bertz CT molecular complexity index is 832. The van der Waals surface area contributed by atoms with E-state index in [4.69, 9.17) is 0 Å². The van der Waals surface area contributed by atoms with E-state index < -0.39 is 6.04 Å². The van der Waals surface area contributed by atoms with E-state index in [-0.39, 0.29) is 11.9 Å². The zero-order valence-corrected chi connectivity index (χ0v) is 15.0. The average molecular weight is 349 g/mol. The molecular weight excluding hydrogens is 326 g/mol. The number of hydrogen-bond donors (Lipinski definition) is 1. The summed E-state index contributed by atoms with van der Waals surface area (Å²) in [5.41, 5.74) is 2.15. The quantitative estimate of drug-likeness (QED) is 0.711. The van der Waals surface area contributed by atoms with Crippen LogP contribution < -0.4 is 5.32 Å². The predicted molar refractivity (Wildman–Crippen MR) is 100 cm³/mol. The number of carbonyl (C=O) groups excluding carboxylic acids is 1. The summed E-state index contributed by atoms with van der Waals surface area (Å²) in [6.45, 7) is 3.79. The van der Waals surface area contributed by atoms with Crippen molar-refractivity contribution in [2.45, 2.75) is 38.8 Å². The molecular formula is C20H23N5O. The van der Waals surface area contributed by atoms with Crippen LogP contribution in [0.4, 0.5) is 0 Å². The third-order valence-electron chi connectivity index (χ3n) is 4.28. The maximum Gasteiger partial charge on any atom is 0.246 e. The second-order valence-electron chi connectivity index (χ2n) is 6.41. The van der Waals surface area contributed by atoms with Gasteiger partial charge in [0.25, 0.3) is 0 Å². The van der Waals surface area contributed by atoms with Crippen molar-refractivity contribution >= 4 is 5.91 Å². The van der Waals surface area contributed by atoms with Gasteiger partial charge in [-0.2, -0.15) is 4.80 Å². The normalized spacial score (nSPS) is 13.2. The predicted octanol–water partition coefficient (Wildman–Crippen LogP) is 3.04. The van der Waals surface area contributed by atoms with Crippen LogP contribution in [0.15, 0.2) is 60.7 Å². The molecule has 0 aliphatic rings. The number of tetrazole rings is 1. The lowest BCUT2D eigenvalue weighted by Gasteiger charge is -2.16. The van der Waals surface area contributed by atoms with Crippen molar-refractivity contribution in [3.8, 4) is 11.4 Å². The number of carbonyl (C=O) groups is 1. The molecule has 0 saturated heterocycles. The molecule has 6 nitrogen and oxygen atoms in total. The molecule has 3 aromatic rings. The Hall–Kier alpha value is -3.02. The monoisotopic (exact) mass is 349 g/mol. The Kier molecular flexibility index (Phi) is 5.73. The van der Waals surface area contributed by atoms with E-state index in [0.717, 1.165) is 18.4 Å². The number of amides is 1. The number of benzene rings is 2. The molecule has 0 aliphatic heterocycles. The summed E-state index contributed by atoms with van der Waals surface area (Å²) in [4.78, 5) is 13.8. The third-order valence-corrected chi connectivity index (χ3v) is 4.28. The molecule has 2 unspecified atom stereocenters. The largest absolute Gasteiger partial charge is 0.352 e. The second kappa shape index (κ2) is 8.38. The van der Waals surface area contributed by atoms with Crippen LogP contribution in [0.3, 0.4) is 0 Å². The average Bonchev–Trinajstić information content (AvgIpc) is 3.17. The van der Waals surface area contributed by atoms with Crippen LogP contribution in [0.5, 0.6) is 0 Å². The minimum absolute atomic E-state index is 0.0715. The van der Waals surface area contributed by atoms with Gasteiger partial charge in [0, 0.05) is 11.6 Å². The van der Waals surface area contributed by atoms with Crippen LogP contribution in [0, 0.1) is 0 Å². The van der Waals surface area contributed by atoms with E-state index >= 15 is 0 Å². The van der Waals surface area contributed by atoms with Crippen LogP contribution >= 0.6 is 0 Å². The van der Waals surface area contributed by atoms with Gasteiger partial charge in [-0.3, -0.25) is 4.79 Å². The Morgan fingerprint density at radius 1 is 1.04 bits per heavy atom. The Morgan fingerprint density at radius 3 is 2.38 bits per heavy atom. The highest BCUT2D eigenvalue weighted by molar-refractivity contribution is 5.79. The molecule has 0 aliphatic carbocycles. The van der Waals surface area contributed by atoms with Crippen molar-refractivity contribution in [1.82, 2.24) is 25.5 Å². The van der Waals surface area contributed by atoms with Crippen molar-refractivity contribution in [3.05, 3.63) is 66.2 Å². The molecule has 0 bridgehead atoms. The fraction of sp³-hybridized carbons (Fsp3) is 0.300. The number of nitrogens with one attached hydrogen (secondary N) is 1. The first-order valence-electron chi connectivity index (χ1n) is 8.82. The number of aryl methyl sites for hydroxylation is 1. The minimum Gasteiger partial charge on any atom is -0.352 e. The fourth-order valence-electron chi connectivity index (χ4n) is 2.66. The van der Waals surface area contributed by atoms with Crippen molar-refractivity contribution in [3.63, 3.8) is 0 Å². The van der Waals surface area contributed by atoms with E-state index in [1.165, 1.54) is 10.4 Å². The maximum atomic E-state index is 12.5. The first-order chi connectivity index (χ1) is 12.6. The van der Waals surface area contributed by atoms with Crippen LogP contribution in [0.2, 0.25) is 0 Å². The topological polar surface area (TPSA) is 72.7 Å². The fourth-order valence-corrected chi connectivity index (χ4v) is 2.66. The molecule has 134 valence electrons. The number of rotatable bonds is 7. The first-order valence-corrected chi connectivity index (χ1v) is 8.82. The molecule has 6 heteroatoms. The lowest BCUT2D eigenvalue weighted by molar-refractivity contribution is -0.125. The van der Waals surface area contributed by atoms with E-state index in [0.29, 0.717) is 5.82 Å². The van der Waals surface area contributed by atoms with Gasteiger partial charge in [0.15, 0.2) is 0 Å². The molecule has 26 heavy (non-hydrogen) atoms. The summed E-state index contributed by atoms with van der Waals surface area (Å²) < 4.78 is 0. The number of aromatic nitrogens is 4. The second-order valence-corrected chi connectivity index (χ2v) is 6.41. The highest BCUT2D eigenvalue weighted by Gasteiger charge is 2.20. The molecule has 3 rings (SSSR count). The Labute approximate surface area is 153 Å². The van der Waals surface area contributed by atoms with Crippen molar-refractivity contribution in [2.24, 2.45) is 0 Å². The summed E-state index contributed by atoms with van der Waals surface area (Å²) in [5.74, 6) is 0.407. The number of hydrogen-bond acceptors (Lipinski definition) is 4. The zero-order chi connectivity index (χ0) is 18.4. The maximum absolute atomic E-state index is 12.5. The van der Waals surface area contributed by atoms with Crippen LogP contribution in [-0.4, -0.2) is 32.2 Å². The van der Waals surface area contributed by atoms with Gasteiger partial charge in [0.1, 0.15) is 6.04 Å². The Balaban J connectivity index is 1.55. The molecule has 1 heterocycles. The highest BCUT2D eigenvalue weighted by Crippen LogP contribution is 2.14. The zero-order valence-electron chi connectivity index (χ0n) is 15.0. The van der Waals surface area contributed by atoms with Gasteiger partial charge in [0.05, 0.1) is 0 Å². The van der Waals surface area contributed by atoms with Gasteiger partial charge in [-0.15, -0.1) is 10.2 Å². The lowest BCUT2D eigenvalue weighted by atomic mass is 10.1. The van der Waals surface area contributed by atoms with E-state index in [1.54, 1.807) is 6.92 Å². The van der Waals surface area contributed by atoms with Crippen LogP contribution in [0.25, 0.3) is 11.4 Å².